The molecule has 0 aliphatic rings. The molecule has 0 radical (unpaired) electrons. The van der Waals surface area contributed by atoms with Gasteiger partial charge in [0, 0.05) is 0 Å². The highest BCUT2D eigenvalue weighted by Gasteiger charge is 2.04. The van der Waals surface area contributed by atoms with Gasteiger partial charge in [0.2, 0.25) is 0 Å². The maximum atomic E-state index is 8.91. The van der Waals surface area contributed by atoms with Gasteiger partial charge < -0.3 is 9.47 Å². The molecule has 0 unspecified atom stereocenters. The molecule has 0 aliphatic heterocycles. The molecule has 0 saturated heterocycles. The number of nitriles is 2. The van der Waals surface area contributed by atoms with Gasteiger partial charge in [-0.1, -0.05) is 6.07 Å². The maximum absolute atomic E-state index is 8.91. The lowest BCUT2D eigenvalue weighted by atomic mass is 10.1. The summed E-state index contributed by atoms with van der Waals surface area (Å²) >= 11 is 0. The molecular weight excluding hydrogens is 252 g/mol. The van der Waals surface area contributed by atoms with E-state index in [0.717, 1.165) is 5.56 Å². The van der Waals surface area contributed by atoms with Crippen molar-refractivity contribution in [2.75, 3.05) is 7.11 Å². The largest absolute Gasteiger partial charge is 0.495 e. The van der Waals surface area contributed by atoms with E-state index in [2.05, 4.69) is 12.1 Å². The fraction of sp³-hybridized carbons (Fsp3) is 0.125. The number of nitrogens with zero attached hydrogens (tertiary/aromatic N) is 2. The number of benzene rings is 2. The van der Waals surface area contributed by atoms with Crippen molar-refractivity contribution < 1.29 is 9.47 Å². The van der Waals surface area contributed by atoms with Gasteiger partial charge in [0.1, 0.15) is 24.2 Å². The first-order valence-electron chi connectivity index (χ1n) is 5.97. The minimum atomic E-state index is 0.369. The Morgan fingerprint density at radius 3 is 2.35 bits per heavy atom. The zero-order valence-corrected chi connectivity index (χ0v) is 11.0. The fourth-order valence-corrected chi connectivity index (χ4v) is 1.71. The Kier molecular flexibility index (Phi) is 4.21. The van der Waals surface area contributed by atoms with Crippen LogP contribution < -0.4 is 9.47 Å². The smallest absolute Gasteiger partial charge is 0.137 e. The van der Waals surface area contributed by atoms with E-state index < -0.39 is 0 Å². The van der Waals surface area contributed by atoms with E-state index in [0.29, 0.717) is 29.2 Å². The van der Waals surface area contributed by atoms with Gasteiger partial charge in [-0.15, -0.1) is 0 Å². The predicted octanol–water partition coefficient (Wildman–Crippen LogP) is 3.02. The summed E-state index contributed by atoms with van der Waals surface area (Å²) in [5.41, 5.74) is 2.00. The molecule has 4 heteroatoms. The second-order valence-corrected chi connectivity index (χ2v) is 4.07. The molecule has 2 rings (SSSR count). The molecule has 2 aromatic rings. The van der Waals surface area contributed by atoms with E-state index in [1.165, 1.54) is 7.11 Å². The molecule has 0 aliphatic carbocycles. The van der Waals surface area contributed by atoms with Crippen LogP contribution in [-0.4, -0.2) is 7.11 Å². The van der Waals surface area contributed by atoms with Gasteiger partial charge >= 0.3 is 0 Å². The Bertz CT molecular complexity index is 679. The first-order valence-corrected chi connectivity index (χ1v) is 5.97. The first-order chi connectivity index (χ1) is 9.76. The fourth-order valence-electron chi connectivity index (χ4n) is 1.71. The molecule has 0 bridgehead atoms. The van der Waals surface area contributed by atoms with Crippen LogP contribution in [0.1, 0.15) is 16.7 Å². The van der Waals surface area contributed by atoms with Crippen LogP contribution >= 0.6 is 0 Å². The minimum absolute atomic E-state index is 0.369. The quantitative estimate of drug-likeness (QED) is 0.851. The number of methoxy groups -OCH3 is 1. The Morgan fingerprint density at radius 2 is 1.75 bits per heavy atom. The van der Waals surface area contributed by atoms with Gasteiger partial charge in [-0.25, -0.2) is 0 Å². The molecule has 0 amide bonds. The third-order valence-corrected chi connectivity index (χ3v) is 2.78. The number of hydrogen-bond acceptors (Lipinski definition) is 4. The molecule has 2 aromatic carbocycles. The molecular formula is C16H12N2O2. The molecule has 20 heavy (non-hydrogen) atoms. The zero-order valence-electron chi connectivity index (χ0n) is 11.0. The average molecular weight is 264 g/mol. The highest BCUT2D eigenvalue weighted by molar-refractivity contribution is 5.45. The summed E-state index contributed by atoms with van der Waals surface area (Å²) in [5, 5.41) is 17.6. The summed E-state index contributed by atoms with van der Waals surface area (Å²) in [6.45, 7) is 0.369. The van der Waals surface area contributed by atoms with Crippen molar-refractivity contribution in [2.24, 2.45) is 0 Å². The van der Waals surface area contributed by atoms with Crippen LogP contribution in [-0.2, 0) is 6.61 Å². The van der Waals surface area contributed by atoms with Crippen LogP contribution in [0.3, 0.4) is 0 Å². The monoisotopic (exact) mass is 264 g/mol. The van der Waals surface area contributed by atoms with E-state index >= 15 is 0 Å². The molecule has 0 spiro atoms. The SMILES string of the molecule is COc1cc(COc2ccc(C#N)cc2)ccc1C#N. The second-order valence-electron chi connectivity index (χ2n) is 4.07. The Hall–Kier alpha value is -2.98. The minimum Gasteiger partial charge on any atom is -0.495 e. The molecule has 0 saturated carbocycles. The van der Waals surface area contributed by atoms with Gasteiger partial charge in [0.05, 0.1) is 24.3 Å². The van der Waals surface area contributed by atoms with Crippen molar-refractivity contribution in [3.05, 3.63) is 59.2 Å². The highest BCUT2D eigenvalue weighted by atomic mass is 16.5. The van der Waals surface area contributed by atoms with Crippen LogP contribution in [0.5, 0.6) is 11.5 Å². The lowest BCUT2D eigenvalue weighted by Crippen LogP contribution is -1.97. The van der Waals surface area contributed by atoms with Gasteiger partial charge in [-0.3, -0.25) is 0 Å². The van der Waals surface area contributed by atoms with Crippen LogP contribution in [0.15, 0.2) is 42.5 Å². The summed E-state index contributed by atoms with van der Waals surface area (Å²) in [6, 6.07) is 16.3. The van der Waals surface area contributed by atoms with Crippen molar-refractivity contribution in [2.45, 2.75) is 6.61 Å². The van der Waals surface area contributed by atoms with E-state index in [9.17, 15) is 0 Å². The third-order valence-electron chi connectivity index (χ3n) is 2.78. The molecule has 0 N–H and O–H groups in total. The van der Waals surface area contributed by atoms with E-state index in [1.807, 2.05) is 6.07 Å². The van der Waals surface area contributed by atoms with Gasteiger partial charge in [-0.2, -0.15) is 10.5 Å². The third kappa shape index (κ3) is 3.07. The molecule has 0 heterocycles. The van der Waals surface area contributed by atoms with E-state index in [1.54, 1.807) is 36.4 Å². The Morgan fingerprint density at radius 1 is 1.00 bits per heavy atom. The maximum Gasteiger partial charge on any atom is 0.137 e. The van der Waals surface area contributed by atoms with Crippen molar-refractivity contribution in [3.63, 3.8) is 0 Å². The molecule has 0 atom stereocenters. The van der Waals surface area contributed by atoms with Crippen LogP contribution in [0.4, 0.5) is 0 Å². The number of rotatable bonds is 4. The Labute approximate surface area is 117 Å². The van der Waals surface area contributed by atoms with Gasteiger partial charge in [0.15, 0.2) is 0 Å². The highest BCUT2D eigenvalue weighted by Crippen LogP contribution is 2.20. The van der Waals surface area contributed by atoms with Crippen molar-refractivity contribution in [1.29, 1.82) is 10.5 Å². The van der Waals surface area contributed by atoms with Crippen LogP contribution in [0.25, 0.3) is 0 Å². The Balaban J connectivity index is 2.07. The van der Waals surface area contributed by atoms with Crippen molar-refractivity contribution >= 4 is 0 Å². The summed E-state index contributed by atoms with van der Waals surface area (Å²) in [4.78, 5) is 0. The molecule has 4 nitrogen and oxygen atoms in total. The van der Waals surface area contributed by atoms with Gasteiger partial charge in [-0.05, 0) is 42.0 Å². The van der Waals surface area contributed by atoms with Crippen molar-refractivity contribution in [1.82, 2.24) is 0 Å². The van der Waals surface area contributed by atoms with Crippen molar-refractivity contribution in [3.8, 4) is 23.6 Å². The molecule has 0 fully saturated rings. The number of ether oxygens (including phenoxy) is 2. The average Bonchev–Trinajstić information content (AvgIpc) is 2.53. The normalized spacial score (nSPS) is 9.35. The van der Waals surface area contributed by atoms with Crippen LogP contribution in [0.2, 0.25) is 0 Å². The summed E-state index contributed by atoms with van der Waals surface area (Å²) in [5.74, 6) is 1.22. The first kappa shape index (κ1) is 13.5. The zero-order chi connectivity index (χ0) is 14.4. The second kappa shape index (κ2) is 6.26. The number of hydrogen-bond donors (Lipinski definition) is 0. The predicted molar refractivity (Wildman–Crippen MR) is 73.2 cm³/mol. The lowest BCUT2D eigenvalue weighted by Gasteiger charge is -2.08. The summed E-state index contributed by atoms with van der Waals surface area (Å²) in [7, 11) is 1.53. The van der Waals surface area contributed by atoms with E-state index in [4.69, 9.17) is 20.0 Å². The molecule has 98 valence electrons. The lowest BCUT2D eigenvalue weighted by molar-refractivity contribution is 0.305. The van der Waals surface area contributed by atoms with E-state index in [-0.39, 0.29) is 0 Å². The van der Waals surface area contributed by atoms with Crippen LogP contribution in [0, 0.1) is 22.7 Å². The topological polar surface area (TPSA) is 66.0 Å². The molecule has 0 aromatic heterocycles. The summed E-state index contributed by atoms with van der Waals surface area (Å²) in [6.07, 6.45) is 0. The summed E-state index contributed by atoms with van der Waals surface area (Å²) < 4.78 is 10.8. The van der Waals surface area contributed by atoms with Gasteiger partial charge in [0.25, 0.3) is 0 Å². The standard InChI is InChI=1S/C16H12N2O2/c1-19-16-8-13(2-5-14(16)10-18)11-20-15-6-3-12(9-17)4-7-15/h2-8H,11H2,1H3.